The summed E-state index contributed by atoms with van der Waals surface area (Å²) in [5.74, 6) is -0.0391. The van der Waals surface area contributed by atoms with Gasteiger partial charge in [0, 0.05) is 13.6 Å². The van der Waals surface area contributed by atoms with E-state index in [4.69, 9.17) is 5.11 Å². The summed E-state index contributed by atoms with van der Waals surface area (Å²) >= 11 is 0. The maximum Gasteiger partial charge on any atom is 0.256 e. The number of anilines is 1. The number of hydrogen-bond donors (Lipinski definition) is 2. The van der Waals surface area contributed by atoms with Crippen molar-refractivity contribution in [3.63, 3.8) is 0 Å². The number of aliphatic hydroxyl groups excluding tert-OH is 1. The number of amides is 1. The lowest BCUT2D eigenvalue weighted by Gasteiger charge is -2.26. The molecule has 0 fully saturated rings. The van der Waals surface area contributed by atoms with Crippen molar-refractivity contribution < 1.29 is 9.90 Å². The fraction of sp³-hybridized carbons (Fsp3) is 0.500. The van der Waals surface area contributed by atoms with Gasteiger partial charge < -0.3 is 15.3 Å². The zero-order chi connectivity index (χ0) is 13.1. The Morgan fingerprint density at radius 3 is 3.06 bits per heavy atom. The number of fused-ring (bicyclic) bond motifs is 1. The summed E-state index contributed by atoms with van der Waals surface area (Å²) in [5.41, 5.74) is 2.87. The first kappa shape index (κ1) is 12.9. The summed E-state index contributed by atoms with van der Waals surface area (Å²) in [7, 11) is 1.73. The molecule has 18 heavy (non-hydrogen) atoms. The molecule has 98 valence electrons. The molecule has 0 aromatic heterocycles. The highest BCUT2D eigenvalue weighted by atomic mass is 16.3. The Balaban J connectivity index is 2.30. The van der Waals surface area contributed by atoms with Crippen LogP contribution >= 0.6 is 0 Å². The molecule has 4 heteroatoms. The molecule has 0 aliphatic carbocycles. The first-order valence-corrected chi connectivity index (χ1v) is 6.39. The molecule has 2 N–H and O–H groups in total. The monoisotopic (exact) mass is 248 g/mol. The van der Waals surface area contributed by atoms with Crippen LogP contribution in [0.3, 0.4) is 0 Å². The molecule has 1 atom stereocenters. The van der Waals surface area contributed by atoms with Crippen molar-refractivity contribution in [2.45, 2.75) is 25.8 Å². The van der Waals surface area contributed by atoms with E-state index in [0.29, 0.717) is 5.56 Å². The van der Waals surface area contributed by atoms with Crippen LogP contribution in [0.25, 0.3) is 0 Å². The average molecular weight is 248 g/mol. The summed E-state index contributed by atoms with van der Waals surface area (Å²) in [4.78, 5) is 14.0. The molecule has 0 saturated carbocycles. The third-order valence-electron chi connectivity index (χ3n) is 3.55. The predicted octanol–water partition coefficient (Wildman–Crippen LogP) is 1.50. The van der Waals surface area contributed by atoms with Gasteiger partial charge in [-0.05, 0) is 31.4 Å². The quantitative estimate of drug-likeness (QED) is 0.852. The number of nitrogens with one attached hydrogen (secondary N) is 1. The van der Waals surface area contributed by atoms with Crippen molar-refractivity contribution in [3.8, 4) is 0 Å². The smallest absolute Gasteiger partial charge is 0.256 e. The first-order valence-electron chi connectivity index (χ1n) is 6.39. The Hall–Kier alpha value is -1.55. The van der Waals surface area contributed by atoms with Crippen molar-refractivity contribution in [1.29, 1.82) is 0 Å². The molecule has 2 rings (SSSR count). The number of carbonyl (C=O) groups excluding carboxylic acids is 1. The van der Waals surface area contributed by atoms with E-state index in [1.54, 1.807) is 11.9 Å². The number of carbonyl (C=O) groups is 1. The summed E-state index contributed by atoms with van der Waals surface area (Å²) in [5, 5.41) is 12.4. The van der Waals surface area contributed by atoms with Gasteiger partial charge in [0.25, 0.3) is 5.91 Å². The number of rotatable bonds is 3. The molecule has 0 spiro atoms. The maximum absolute atomic E-state index is 12.4. The Morgan fingerprint density at radius 1 is 1.56 bits per heavy atom. The van der Waals surface area contributed by atoms with Gasteiger partial charge in [-0.1, -0.05) is 12.1 Å². The van der Waals surface area contributed by atoms with E-state index in [2.05, 4.69) is 11.4 Å². The zero-order valence-electron chi connectivity index (χ0n) is 10.9. The summed E-state index contributed by atoms with van der Waals surface area (Å²) < 4.78 is 0. The highest BCUT2D eigenvalue weighted by Gasteiger charge is 2.22. The molecule has 1 aromatic carbocycles. The molecule has 1 unspecified atom stereocenters. The highest BCUT2D eigenvalue weighted by molar-refractivity contribution is 6.00. The van der Waals surface area contributed by atoms with Gasteiger partial charge in [-0.15, -0.1) is 0 Å². The number of benzene rings is 1. The minimum absolute atomic E-state index is 0.0231. The van der Waals surface area contributed by atoms with Gasteiger partial charge in [-0.2, -0.15) is 0 Å². The normalized spacial score (nSPS) is 15.5. The van der Waals surface area contributed by atoms with E-state index in [1.807, 2.05) is 19.1 Å². The van der Waals surface area contributed by atoms with Crippen LogP contribution < -0.4 is 5.32 Å². The van der Waals surface area contributed by atoms with E-state index in [-0.39, 0.29) is 18.6 Å². The van der Waals surface area contributed by atoms with Crippen LogP contribution in [0.4, 0.5) is 5.69 Å². The van der Waals surface area contributed by atoms with Crippen molar-refractivity contribution in [1.82, 2.24) is 4.90 Å². The number of likely N-dealkylation sites (N-methyl/N-ethyl adjacent to an activating group) is 1. The van der Waals surface area contributed by atoms with Crippen LogP contribution in [0.15, 0.2) is 18.2 Å². The van der Waals surface area contributed by atoms with Gasteiger partial charge >= 0.3 is 0 Å². The molecular formula is C14H20N2O2. The lowest BCUT2D eigenvalue weighted by Crippen LogP contribution is -2.37. The van der Waals surface area contributed by atoms with Crippen LogP contribution in [-0.4, -0.2) is 42.2 Å². The minimum atomic E-state index is -0.169. The van der Waals surface area contributed by atoms with Crippen LogP contribution in [-0.2, 0) is 6.42 Å². The largest absolute Gasteiger partial charge is 0.394 e. The van der Waals surface area contributed by atoms with Crippen LogP contribution in [0.5, 0.6) is 0 Å². The van der Waals surface area contributed by atoms with E-state index in [0.717, 1.165) is 25.1 Å². The third kappa shape index (κ3) is 2.34. The second-order valence-corrected chi connectivity index (χ2v) is 4.82. The van der Waals surface area contributed by atoms with Crippen molar-refractivity contribution in [2.24, 2.45) is 0 Å². The molecule has 0 saturated heterocycles. The van der Waals surface area contributed by atoms with E-state index in [9.17, 15) is 4.79 Å². The Morgan fingerprint density at radius 2 is 2.33 bits per heavy atom. The Labute approximate surface area is 108 Å². The molecule has 4 nitrogen and oxygen atoms in total. The van der Waals surface area contributed by atoms with Crippen molar-refractivity contribution in [3.05, 3.63) is 29.3 Å². The number of para-hydroxylation sites is 1. The van der Waals surface area contributed by atoms with E-state index >= 15 is 0 Å². The molecule has 1 aromatic rings. The van der Waals surface area contributed by atoms with Gasteiger partial charge in [-0.25, -0.2) is 0 Å². The topological polar surface area (TPSA) is 52.6 Å². The standard InChI is InChI=1S/C14H20N2O2/c1-10(9-17)16(2)14(18)12-7-3-5-11-6-4-8-15-13(11)12/h3,5,7,10,15,17H,4,6,8-9H2,1-2H3. The molecule has 0 bridgehead atoms. The second kappa shape index (κ2) is 5.40. The molecule has 0 radical (unpaired) electrons. The summed E-state index contributed by atoms with van der Waals surface area (Å²) in [6.45, 7) is 2.72. The lowest BCUT2D eigenvalue weighted by molar-refractivity contribution is 0.0683. The van der Waals surface area contributed by atoms with Gasteiger partial charge in [0.1, 0.15) is 0 Å². The summed E-state index contributed by atoms with van der Waals surface area (Å²) in [6, 6.07) is 5.67. The molecule has 1 aliphatic heterocycles. The fourth-order valence-corrected chi connectivity index (χ4v) is 2.20. The van der Waals surface area contributed by atoms with Crippen molar-refractivity contribution >= 4 is 11.6 Å². The minimum Gasteiger partial charge on any atom is -0.394 e. The zero-order valence-corrected chi connectivity index (χ0v) is 10.9. The molecular weight excluding hydrogens is 228 g/mol. The highest BCUT2D eigenvalue weighted by Crippen LogP contribution is 2.27. The second-order valence-electron chi connectivity index (χ2n) is 4.82. The number of hydrogen-bond acceptors (Lipinski definition) is 3. The number of aryl methyl sites for hydroxylation is 1. The Bertz CT molecular complexity index is 445. The summed E-state index contributed by atoms with van der Waals surface area (Å²) in [6.07, 6.45) is 2.12. The Kier molecular flexibility index (Phi) is 3.87. The van der Waals surface area contributed by atoms with Crippen LogP contribution in [0.1, 0.15) is 29.3 Å². The molecule has 1 heterocycles. The lowest BCUT2D eigenvalue weighted by atomic mass is 9.98. The fourth-order valence-electron chi connectivity index (χ4n) is 2.20. The van der Waals surface area contributed by atoms with Crippen molar-refractivity contribution in [2.75, 3.05) is 25.5 Å². The first-order chi connectivity index (χ1) is 8.65. The maximum atomic E-state index is 12.4. The van der Waals surface area contributed by atoms with Gasteiger partial charge in [0.15, 0.2) is 0 Å². The number of aliphatic hydroxyl groups is 1. The average Bonchev–Trinajstić information content (AvgIpc) is 2.44. The van der Waals surface area contributed by atoms with Gasteiger partial charge in [0.2, 0.25) is 0 Å². The van der Waals surface area contributed by atoms with Crippen LogP contribution in [0, 0.1) is 0 Å². The molecule has 1 aliphatic rings. The van der Waals surface area contributed by atoms with Gasteiger partial charge in [0.05, 0.1) is 23.9 Å². The van der Waals surface area contributed by atoms with E-state index < -0.39 is 0 Å². The number of nitrogens with zero attached hydrogens (tertiary/aromatic N) is 1. The molecule has 1 amide bonds. The predicted molar refractivity (Wildman–Crippen MR) is 71.9 cm³/mol. The third-order valence-corrected chi connectivity index (χ3v) is 3.55. The van der Waals surface area contributed by atoms with Gasteiger partial charge in [-0.3, -0.25) is 4.79 Å². The SMILES string of the molecule is CC(CO)N(C)C(=O)c1cccc2c1NCCC2. The van der Waals surface area contributed by atoms with Crippen LogP contribution in [0.2, 0.25) is 0 Å². The van der Waals surface area contributed by atoms with E-state index in [1.165, 1.54) is 5.56 Å².